The fourth-order valence-corrected chi connectivity index (χ4v) is 4.12. The molecule has 1 atom stereocenters. The third-order valence-corrected chi connectivity index (χ3v) is 5.83. The van der Waals surface area contributed by atoms with Crippen LogP contribution in [0.1, 0.15) is 66.2 Å². The van der Waals surface area contributed by atoms with E-state index in [1.165, 1.54) is 0 Å². The first kappa shape index (κ1) is 19.6. The van der Waals surface area contributed by atoms with Gasteiger partial charge in [-0.3, -0.25) is 9.48 Å². The van der Waals surface area contributed by atoms with Crippen LogP contribution in [0.25, 0.3) is 22.0 Å². The molecule has 3 aromatic heterocycles. The lowest BCUT2D eigenvalue weighted by atomic mass is 10.1. The highest BCUT2D eigenvalue weighted by molar-refractivity contribution is 6.06. The maximum absolute atomic E-state index is 13.3. The first-order valence-corrected chi connectivity index (χ1v) is 10.8. The van der Waals surface area contributed by atoms with E-state index in [0.717, 1.165) is 40.6 Å². The molecule has 0 bridgehead atoms. The van der Waals surface area contributed by atoms with Gasteiger partial charge in [-0.05, 0) is 51.8 Å². The van der Waals surface area contributed by atoms with Gasteiger partial charge in [0, 0.05) is 24.0 Å². The van der Waals surface area contributed by atoms with E-state index in [0.29, 0.717) is 35.2 Å². The Bertz CT molecular complexity index is 1300. The molecule has 3 heterocycles. The molecule has 5 rings (SSSR count). The molecule has 1 aliphatic rings. The number of hydrogen-bond acceptors (Lipinski definition) is 5. The Labute approximate surface area is 180 Å². The van der Waals surface area contributed by atoms with Crippen LogP contribution in [-0.4, -0.2) is 27.3 Å². The second-order valence-corrected chi connectivity index (χ2v) is 8.23. The summed E-state index contributed by atoms with van der Waals surface area (Å²) >= 11 is 0. The van der Waals surface area contributed by atoms with Gasteiger partial charge in [-0.15, -0.1) is 0 Å². The molecule has 31 heavy (non-hydrogen) atoms. The minimum Gasteiger partial charge on any atom is -0.490 e. The van der Waals surface area contributed by atoms with Gasteiger partial charge in [0.15, 0.2) is 17.0 Å². The lowest BCUT2D eigenvalue weighted by molar-refractivity contribution is 0.0937. The second-order valence-electron chi connectivity index (χ2n) is 8.23. The summed E-state index contributed by atoms with van der Waals surface area (Å²) in [5, 5.41) is 9.35. The van der Waals surface area contributed by atoms with Crippen molar-refractivity contribution in [1.29, 1.82) is 0 Å². The molecule has 0 spiro atoms. The van der Waals surface area contributed by atoms with E-state index in [2.05, 4.69) is 10.4 Å². The average Bonchev–Trinajstić information content (AvgIpc) is 3.44. The number of nitrogens with one attached hydrogen (secondary N) is 1. The van der Waals surface area contributed by atoms with Crippen LogP contribution in [-0.2, 0) is 7.05 Å². The van der Waals surface area contributed by atoms with Gasteiger partial charge < -0.3 is 14.5 Å². The number of benzene rings is 1. The molecule has 0 radical (unpaired) electrons. The van der Waals surface area contributed by atoms with Gasteiger partial charge in [-0.25, -0.2) is 4.98 Å². The van der Waals surface area contributed by atoms with Crippen molar-refractivity contribution in [2.45, 2.75) is 45.6 Å². The number of carbonyl (C=O) groups is 1. The zero-order valence-electron chi connectivity index (χ0n) is 18.2. The predicted octanol–water partition coefficient (Wildman–Crippen LogP) is 4.79. The van der Waals surface area contributed by atoms with Crippen LogP contribution in [0.3, 0.4) is 0 Å². The maximum atomic E-state index is 13.3. The zero-order valence-corrected chi connectivity index (χ0v) is 18.2. The number of carbonyl (C=O) groups excluding carboxylic acids is 1. The topological polar surface area (TPSA) is 82.2 Å². The van der Waals surface area contributed by atoms with Crippen molar-refractivity contribution in [2.75, 3.05) is 6.61 Å². The highest BCUT2D eigenvalue weighted by Gasteiger charge is 2.29. The van der Waals surface area contributed by atoms with E-state index >= 15 is 0 Å². The molecule has 1 amide bonds. The van der Waals surface area contributed by atoms with Crippen molar-refractivity contribution in [3.8, 4) is 5.75 Å². The van der Waals surface area contributed by atoms with E-state index in [1.54, 1.807) is 4.68 Å². The van der Waals surface area contributed by atoms with Crippen molar-refractivity contribution in [2.24, 2.45) is 7.05 Å². The van der Waals surface area contributed by atoms with E-state index in [9.17, 15) is 4.79 Å². The highest BCUT2D eigenvalue weighted by atomic mass is 16.5. The van der Waals surface area contributed by atoms with Crippen molar-refractivity contribution < 1.29 is 13.9 Å². The number of nitrogens with zero attached hydrogens (tertiary/aromatic N) is 3. The Morgan fingerprint density at radius 1 is 1.35 bits per heavy atom. The summed E-state index contributed by atoms with van der Waals surface area (Å²) in [6, 6.07) is 9.39. The molecule has 160 valence electrons. The Kier molecular flexibility index (Phi) is 4.68. The number of aryl methyl sites for hydroxylation is 2. The summed E-state index contributed by atoms with van der Waals surface area (Å²) in [5.74, 6) is 1.69. The van der Waals surface area contributed by atoms with Crippen molar-refractivity contribution in [3.63, 3.8) is 0 Å². The monoisotopic (exact) mass is 418 g/mol. The Hall–Kier alpha value is -3.35. The lowest BCUT2D eigenvalue weighted by Gasteiger charge is -2.13. The van der Waals surface area contributed by atoms with Gasteiger partial charge in [0.1, 0.15) is 5.76 Å². The van der Waals surface area contributed by atoms with Gasteiger partial charge in [-0.1, -0.05) is 12.1 Å². The molecule has 7 heteroatoms. The number of hydrogen-bond donors (Lipinski definition) is 1. The summed E-state index contributed by atoms with van der Waals surface area (Å²) in [7, 11) is 1.87. The van der Waals surface area contributed by atoms with Gasteiger partial charge in [0.05, 0.1) is 29.3 Å². The largest absolute Gasteiger partial charge is 0.490 e. The van der Waals surface area contributed by atoms with Crippen LogP contribution in [0, 0.1) is 6.92 Å². The quantitative estimate of drug-likeness (QED) is 0.487. The second kappa shape index (κ2) is 7.41. The van der Waals surface area contributed by atoms with Gasteiger partial charge >= 0.3 is 0 Å². The molecule has 1 N–H and O–H groups in total. The van der Waals surface area contributed by atoms with Crippen molar-refractivity contribution in [3.05, 3.63) is 53.0 Å². The van der Waals surface area contributed by atoms with Crippen LogP contribution in [0.15, 0.2) is 34.7 Å². The van der Waals surface area contributed by atoms with Crippen LogP contribution in [0.2, 0.25) is 0 Å². The van der Waals surface area contributed by atoms with E-state index in [1.807, 2.05) is 58.2 Å². The van der Waals surface area contributed by atoms with Crippen LogP contribution >= 0.6 is 0 Å². The standard InChI is InChI=1S/C24H26N4O3/c1-5-30-19-8-6-7-16-11-20(31-22(16)19)13(2)25-24(29)17-12-18(15-9-10-15)26-23-21(17)14(3)27-28(23)4/h6-8,11-13,15H,5,9-10H2,1-4H3,(H,25,29). The maximum Gasteiger partial charge on any atom is 0.252 e. The molecular formula is C24H26N4O3. The van der Waals surface area contributed by atoms with Crippen LogP contribution in [0.5, 0.6) is 5.75 Å². The average molecular weight is 418 g/mol. The van der Waals surface area contributed by atoms with E-state index < -0.39 is 0 Å². The number of amides is 1. The number of pyridine rings is 1. The predicted molar refractivity (Wildman–Crippen MR) is 118 cm³/mol. The number of fused-ring (bicyclic) bond motifs is 2. The molecule has 0 aliphatic heterocycles. The lowest BCUT2D eigenvalue weighted by Crippen LogP contribution is -2.27. The Morgan fingerprint density at radius 3 is 2.90 bits per heavy atom. The molecular weight excluding hydrogens is 392 g/mol. The SMILES string of the molecule is CCOc1cccc2cc(C(C)NC(=O)c3cc(C4CC4)nc4c3c(C)nn4C)oc12. The fraction of sp³-hybridized carbons (Fsp3) is 0.375. The normalized spacial score (nSPS) is 14.8. The van der Waals surface area contributed by atoms with Crippen LogP contribution < -0.4 is 10.1 Å². The summed E-state index contributed by atoms with van der Waals surface area (Å²) in [4.78, 5) is 18.1. The first-order valence-electron chi connectivity index (χ1n) is 10.8. The molecule has 1 unspecified atom stereocenters. The van der Waals surface area contributed by atoms with Crippen molar-refractivity contribution >= 4 is 27.9 Å². The van der Waals surface area contributed by atoms with Gasteiger partial charge in [-0.2, -0.15) is 5.10 Å². The van der Waals surface area contributed by atoms with Gasteiger partial charge in [0.25, 0.3) is 5.91 Å². The molecule has 0 saturated heterocycles. The highest BCUT2D eigenvalue weighted by Crippen LogP contribution is 2.40. The Balaban J connectivity index is 1.48. The minimum absolute atomic E-state index is 0.150. The fourth-order valence-electron chi connectivity index (χ4n) is 4.12. The number of rotatable bonds is 6. The Morgan fingerprint density at radius 2 is 2.16 bits per heavy atom. The summed E-state index contributed by atoms with van der Waals surface area (Å²) < 4.78 is 13.5. The molecule has 4 aromatic rings. The minimum atomic E-state index is -0.307. The third kappa shape index (κ3) is 3.44. The zero-order chi connectivity index (χ0) is 21.7. The van der Waals surface area contributed by atoms with E-state index in [-0.39, 0.29) is 11.9 Å². The molecule has 1 aliphatic carbocycles. The number of ether oxygens (including phenoxy) is 1. The molecule has 1 aromatic carbocycles. The first-order chi connectivity index (χ1) is 15.0. The third-order valence-electron chi connectivity index (χ3n) is 5.83. The van der Waals surface area contributed by atoms with Crippen molar-refractivity contribution in [1.82, 2.24) is 20.1 Å². The number of para-hydroxylation sites is 1. The molecule has 1 saturated carbocycles. The molecule has 1 fully saturated rings. The summed E-state index contributed by atoms with van der Waals surface area (Å²) in [5.41, 5.74) is 3.85. The smallest absolute Gasteiger partial charge is 0.252 e. The summed E-state index contributed by atoms with van der Waals surface area (Å²) in [6.45, 7) is 6.34. The van der Waals surface area contributed by atoms with Crippen LogP contribution in [0.4, 0.5) is 0 Å². The van der Waals surface area contributed by atoms with Gasteiger partial charge in [0.2, 0.25) is 0 Å². The van der Waals surface area contributed by atoms with E-state index in [4.69, 9.17) is 14.1 Å². The number of aromatic nitrogens is 3. The number of furan rings is 1. The molecule has 7 nitrogen and oxygen atoms in total. The summed E-state index contributed by atoms with van der Waals surface area (Å²) in [6.07, 6.45) is 2.24.